The number of nitrogen functional groups attached to an aromatic ring is 1. The van der Waals surface area contributed by atoms with E-state index in [-0.39, 0.29) is 5.69 Å². The van der Waals surface area contributed by atoms with Crippen LogP contribution in [0.25, 0.3) is 0 Å². The standard InChI is InChI=1S/C14H14F6N4/c15-13(16,17)9-5-7(21)1-2-8(9)12(24)4-3-11(22,23)6-10(12)14(18,19)20/h1-6H,21-24H2. The molecule has 0 radical (unpaired) electrons. The largest absolute Gasteiger partial charge is 0.416 e. The average Bonchev–Trinajstić information content (AvgIpc) is 2.39. The molecule has 2 rings (SSSR count). The Morgan fingerprint density at radius 3 is 1.92 bits per heavy atom. The Morgan fingerprint density at radius 2 is 1.42 bits per heavy atom. The molecule has 24 heavy (non-hydrogen) atoms. The minimum Gasteiger partial charge on any atom is -0.399 e. The van der Waals surface area contributed by atoms with E-state index in [9.17, 15) is 26.3 Å². The van der Waals surface area contributed by atoms with Gasteiger partial charge in [0.05, 0.1) is 16.7 Å². The summed E-state index contributed by atoms with van der Waals surface area (Å²) in [4.78, 5) is 0. The number of benzene rings is 1. The topological polar surface area (TPSA) is 104 Å². The molecule has 8 N–H and O–H groups in total. The maximum Gasteiger partial charge on any atom is 0.416 e. The molecule has 0 aromatic heterocycles. The van der Waals surface area contributed by atoms with Gasteiger partial charge < -0.3 is 22.9 Å². The van der Waals surface area contributed by atoms with Crippen LogP contribution < -0.4 is 22.9 Å². The number of alkyl halides is 6. The number of nitrogens with two attached hydrogens (primary N) is 4. The van der Waals surface area contributed by atoms with Crippen molar-refractivity contribution in [2.75, 3.05) is 5.73 Å². The van der Waals surface area contributed by atoms with Crippen LogP contribution in [0.15, 0.2) is 42.0 Å². The lowest BCUT2D eigenvalue weighted by Gasteiger charge is -2.38. The van der Waals surface area contributed by atoms with Gasteiger partial charge >= 0.3 is 12.4 Å². The number of rotatable bonds is 1. The van der Waals surface area contributed by atoms with Gasteiger partial charge in [0.1, 0.15) is 5.66 Å². The van der Waals surface area contributed by atoms with Crippen LogP contribution in [0.5, 0.6) is 0 Å². The summed E-state index contributed by atoms with van der Waals surface area (Å²) in [5, 5.41) is 0. The minimum absolute atomic E-state index is 0.265. The van der Waals surface area contributed by atoms with Crippen molar-refractivity contribution in [2.24, 2.45) is 17.2 Å². The molecule has 0 spiro atoms. The van der Waals surface area contributed by atoms with Gasteiger partial charge in [-0.15, -0.1) is 0 Å². The zero-order chi connectivity index (χ0) is 18.6. The smallest absolute Gasteiger partial charge is 0.399 e. The van der Waals surface area contributed by atoms with E-state index in [1.807, 2.05) is 0 Å². The van der Waals surface area contributed by atoms with Gasteiger partial charge in [-0.25, -0.2) is 0 Å². The highest BCUT2D eigenvalue weighted by Crippen LogP contribution is 2.46. The SMILES string of the molecule is Nc1ccc(C2(N)C=CC(N)(N)C=C2C(F)(F)F)c(C(F)(F)F)c1. The molecule has 0 saturated carbocycles. The van der Waals surface area contributed by atoms with Crippen molar-refractivity contribution in [3.05, 3.63) is 53.1 Å². The van der Waals surface area contributed by atoms with Crippen LogP contribution in [0.4, 0.5) is 32.0 Å². The highest BCUT2D eigenvalue weighted by molar-refractivity contribution is 5.55. The van der Waals surface area contributed by atoms with E-state index >= 15 is 0 Å². The predicted octanol–water partition coefficient (Wildman–Crippen LogP) is 2.11. The molecule has 1 atom stereocenters. The maximum atomic E-state index is 13.4. The summed E-state index contributed by atoms with van der Waals surface area (Å²) in [5.74, 6) is 0. The molecule has 0 heterocycles. The molecule has 0 aliphatic heterocycles. The van der Waals surface area contributed by atoms with Crippen LogP contribution in [0, 0.1) is 0 Å². The van der Waals surface area contributed by atoms with Gasteiger partial charge in [0.25, 0.3) is 0 Å². The summed E-state index contributed by atoms with van der Waals surface area (Å²) in [7, 11) is 0. The average molecular weight is 352 g/mol. The Morgan fingerprint density at radius 1 is 0.833 bits per heavy atom. The van der Waals surface area contributed by atoms with E-state index in [1.165, 1.54) is 0 Å². The van der Waals surface area contributed by atoms with Crippen molar-refractivity contribution in [3.8, 4) is 0 Å². The molecule has 10 heteroatoms. The van der Waals surface area contributed by atoms with Crippen LogP contribution in [-0.2, 0) is 11.7 Å². The first-order chi connectivity index (χ1) is 10.7. The lowest BCUT2D eigenvalue weighted by Crippen LogP contribution is -2.54. The number of halogens is 6. The number of hydrogen-bond acceptors (Lipinski definition) is 4. The highest BCUT2D eigenvalue weighted by Gasteiger charge is 2.51. The lowest BCUT2D eigenvalue weighted by atomic mass is 9.75. The monoisotopic (exact) mass is 352 g/mol. The second-order valence-electron chi connectivity index (χ2n) is 5.56. The molecule has 4 nitrogen and oxygen atoms in total. The molecular formula is C14H14F6N4. The van der Waals surface area contributed by atoms with E-state index in [0.717, 1.165) is 24.3 Å². The van der Waals surface area contributed by atoms with E-state index in [1.54, 1.807) is 0 Å². The molecule has 132 valence electrons. The molecule has 1 aliphatic rings. The van der Waals surface area contributed by atoms with Gasteiger partial charge in [-0.3, -0.25) is 0 Å². The molecule has 0 amide bonds. The third-order valence-corrected chi connectivity index (χ3v) is 3.58. The van der Waals surface area contributed by atoms with Gasteiger partial charge in [0, 0.05) is 5.69 Å². The van der Waals surface area contributed by atoms with E-state index in [0.29, 0.717) is 12.1 Å². The molecule has 1 aromatic carbocycles. The summed E-state index contributed by atoms with van der Waals surface area (Å²) >= 11 is 0. The van der Waals surface area contributed by atoms with Crippen molar-refractivity contribution in [1.29, 1.82) is 0 Å². The molecule has 1 unspecified atom stereocenters. The summed E-state index contributed by atoms with van der Waals surface area (Å²) in [6.07, 6.45) is -7.96. The molecule has 1 aliphatic carbocycles. The highest BCUT2D eigenvalue weighted by atomic mass is 19.4. The van der Waals surface area contributed by atoms with Gasteiger partial charge in [-0.1, -0.05) is 12.1 Å². The normalized spacial score (nSPS) is 24.0. The Balaban J connectivity index is 2.77. The summed E-state index contributed by atoms with van der Waals surface area (Å²) in [6.45, 7) is 0. The van der Waals surface area contributed by atoms with Crippen molar-refractivity contribution in [1.82, 2.24) is 0 Å². The molecule has 1 aromatic rings. The van der Waals surface area contributed by atoms with Crippen LogP contribution >= 0.6 is 0 Å². The van der Waals surface area contributed by atoms with Crippen molar-refractivity contribution < 1.29 is 26.3 Å². The summed E-state index contributed by atoms with van der Waals surface area (Å²) in [6, 6.07) is 2.37. The zero-order valence-corrected chi connectivity index (χ0v) is 12.0. The van der Waals surface area contributed by atoms with Crippen LogP contribution in [-0.4, -0.2) is 11.8 Å². The molecular weight excluding hydrogens is 338 g/mol. The summed E-state index contributed by atoms with van der Waals surface area (Å²) in [5.41, 5.74) is 13.4. The molecule has 0 fully saturated rings. The fraction of sp³-hybridized carbons (Fsp3) is 0.286. The van der Waals surface area contributed by atoms with Crippen molar-refractivity contribution in [3.63, 3.8) is 0 Å². The van der Waals surface area contributed by atoms with Gasteiger partial charge in [-0.2, -0.15) is 26.3 Å². The molecule has 0 saturated heterocycles. The fourth-order valence-electron chi connectivity index (χ4n) is 2.49. The Hall–Kier alpha value is -2.04. The maximum absolute atomic E-state index is 13.4. The third-order valence-electron chi connectivity index (χ3n) is 3.58. The second kappa shape index (κ2) is 5.23. The first kappa shape index (κ1) is 18.3. The van der Waals surface area contributed by atoms with Crippen molar-refractivity contribution in [2.45, 2.75) is 23.6 Å². The minimum atomic E-state index is -5.05. The van der Waals surface area contributed by atoms with Gasteiger partial charge in [-0.05, 0) is 29.8 Å². The molecule has 0 bridgehead atoms. The Kier molecular flexibility index (Phi) is 3.99. The second-order valence-corrected chi connectivity index (χ2v) is 5.56. The first-order valence-electron chi connectivity index (χ1n) is 6.51. The quantitative estimate of drug-likeness (QED) is 0.269. The van der Waals surface area contributed by atoms with E-state index < -0.39 is 40.3 Å². The predicted molar refractivity (Wildman–Crippen MR) is 76.1 cm³/mol. The van der Waals surface area contributed by atoms with Gasteiger partial charge in [0.2, 0.25) is 0 Å². The number of anilines is 1. The fourth-order valence-corrected chi connectivity index (χ4v) is 2.49. The van der Waals surface area contributed by atoms with Crippen LogP contribution in [0.1, 0.15) is 11.1 Å². The Labute approximate surface area is 132 Å². The number of hydrogen-bond donors (Lipinski definition) is 4. The zero-order valence-electron chi connectivity index (χ0n) is 12.0. The van der Waals surface area contributed by atoms with E-state index in [4.69, 9.17) is 22.9 Å². The van der Waals surface area contributed by atoms with Crippen molar-refractivity contribution >= 4 is 5.69 Å². The summed E-state index contributed by atoms with van der Waals surface area (Å²) < 4.78 is 79.9. The van der Waals surface area contributed by atoms with Crippen LogP contribution in [0.2, 0.25) is 0 Å². The van der Waals surface area contributed by atoms with E-state index in [2.05, 4.69) is 0 Å². The third kappa shape index (κ3) is 3.25. The van der Waals surface area contributed by atoms with Crippen LogP contribution in [0.3, 0.4) is 0 Å². The Bertz CT molecular complexity index is 717. The lowest BCUT2D eigenvalue weighted by molar-refractivity contribution is -0.139. The first-order valence-corrected chi connectivity index (χ1v) is 6.51. The van der Waals surface area contributed by atoms with Gasteiger partial charge in [0.15, 0.2) is 0 Å².